The highest BCUT2D eigenvalue weighted by atomic mass is 16.5. The average molecular weight is 265 g/mol. The number of aromatic nitrogens is 1. The van der Waals surface area contributed by atoms with E-state index in [4.69, 9.17) is 4.74 Å². The predicted molar refractivity (Wildman–Crippen MR) is 82.0 cm³/mol. The molecular formula is C15H27N3O. The highest BCUT2D eigenvalue weighted by Gasteiger charge is 2.13. The van der Waals surface area contributed by atoms with Crippen molar-refractivity contribution in [2.24, 2.45) is 0 Å². The molecule has 1 heterocycles. The minimum absolute atomic E-state index is 0.497. The Morgan fingerprint density at radius 3 is 2.84 bits per heavy atom. The monoisotopic (exact) mass is 265 g/mol. The SMILES string of the molecule is CCCNc1cc(N(CCOC)C(C)CC)ccn1. The van der Waals surface area contributed by atoms with E-state index in [9.17, 15) is 0 Å². The summed E-state index contributed by atoms with van der Waals surface area (Å²) in [6.07, 6.45) is 4.09. The van der Waals surface area contributed by atoms with Crippen molar-refractivity contribution < 1.29 is 4.74 Å². The fourth-order valence-corrected chi connectivity index (χ4v) is 1.96. The molecule has 1 N–H and O–H groups in total. The van der Waals surface area contributed by atoms with Crippen LogP contribution in [0.5, 0.6) is 0 Å². The van der Waals surface area contributed by atoms with Gasteiger partial charge >= 0.3 is 0 Å². The zero-order valence-corrected chi connectivity index (χ0v) is 12.6. The van der Waals surface area contributed by atoms with E-state index in [1.165, 1.54) is 5.69 Å². The Kier molecular flexibility index (Phi) is 7.26. The van der Waals surface area contributed by atoms with Gasteiger partial charge in [0.15, 0.2) is 0 Å². The second-order valence-corrected chi connectivity index (χ2v) is 4.77. The van der Waals surface area contributed by atoms with Crippen molar-refractivity contribution in [3.63, 3.8) is 0 Å². The molecule has 1 aromatic heterocycles. The molecule has 0 aromatic carbocycles. The maximum atomic E-state index is 5.21. The van der Waals surface area contributed by atoms with E-state index in [2.05, 4.69) is 48.1 Å². The Bertz CT molecular complexity index is 357. The zero-order valence-electron chi connectivity index (χ0n) is 12.6. The Balaban J connectivity index is 2.81. The van der Waals surface area contributed by atoms with Gasteiger partial charge in [-0.3, -0.25) is 0 Å². The number of ether oxygens (including phenoxy) is 1. The van der Waals surface area contributed by atoms with Gasteiger partial charge in [0.25, 0.3) is 0 Å². The smallest absolute Gasteiger partial charge is 0.127 e. The third kappa shape index (κ3) is 5.07. The molecule has 0 radical (unpaired) electrons. The van der Waals surface area contributed by atoms with E-state index < -0.39 is 0 Å². The lowest BCUT2D eigenvalue weighted by atomic mass is 10.2. The van der Waals surface area contributed by atoms with Crippen molar-refractivity contribution in [2.45, 2.75) is 39.7 Å². The van der Waals surface area contributed by atoms with E-state index in [0.717, 1.165) is 38.4 Å². The average Bonchev–Trinajstić information content (AvgIpc) is 2.45. The van der Waals surface area contributed by atoms with Gasteiger partial charge in [-0.05, 0) is 25.8 Å². The van der Waals surface area contributed by atoms with Crippen LogP contribution in [0.4, 0.5) is 11.5 Å². The molecule has 1 atom stereocenters. The van der Waals surface area contributed by atoms with Crippen molar-refractivity contribution in [1.82, 2.24) is 4.98 Å². The normalized spacial score (nSPS) is 12.2. The van der Waals surface area contributed by atoms with E-state index in [0.29, 0.717) is 6.04 Å². The summed E-state index contributed by atoms with van der Waals surface area (Å²) in [5, 5.41) is 3.33. The highest BCUT2D eigenvalue weighted by molar-refractivity contribution is 5.54. The Labute approximate surface area is 117 Å². The van der Waals surface area contributed by atoms with Crippen molar-refractivity contribution in [2.75, 3.05) is 37.0 Å². The number of hydrogen-bond acceptors (Lipinski definition) is 4. The van der Waals surface area contributed by atoms with Gasteiger partial charge in [0, 0.05) is 44.2 Å². The third-order valence-corrected chi connectivity index (χ3v) is 3.29. The Hall–Kier alpha value is -1.29. The van der Waals surface area contributed by atoms with Crippen LogP contribution < -0.4 is 10.2 Å². The molecule has 0 aliphatic rings. The predicted octanol–water partition coefficient (Wildman–Crippen LogP) is 3.15. The largest absolute Gasteiger partial charge is 0.383 e. The summed E-state index contributed by atoms with van der Waals surface area (Å²) in [6, 6.07) is 4.69. The van der Waals surface area contributed by atoms with Crippen LogP contribution in [-0.4, -0.2) is 37.8 Å². The van der Waals surface area contributed by atoms with Crippen LogP contribution in [-0.2, 0) is 4.74 Å². The number of rotatable bonds is 9. The zero-order chi connectivity index (χ0) is 14.1. The van der Waals surface area contributed by atoms with Crippen LogP contribution in [0.3, 0.4) is 0 Å². The molecule has 0 spiro atoms. The van der Waals surface area contributed by atoms with E-state index in [-0.39, 0.29) is 0 Å². The van der Waals surface area contributed by atoms with Gasteiger partial charge in [-0.25, -0.2) is 4.98 Å². The fourth-order valence-electron chi connectivity index (χ4n) is 1.96. The lowest BCUT2D eigenvalue weighted by molar-refractivity contribution is 0.203. The standard InChI is InChI=1S/C15H27N3O/c1-5-8-16-15-12-14(7-9-17-15)18(10-11-19-4)13(3)6-2/h7,9,12-13H,5-6,8,10-11H2,1-4H3,(H,16,17). The second-order valence-electron chi connectivity index (χ2n) is 4.77. The summed E-state index contributed by atoms with van der Waals surface area (Å²) in [6.45, 7) is 9.21. The summed E-state index contributed by atoms with van der Waals surface area (Å²) in [5.74, 6) is 0.949. The molecule has 0 aliphatic carbocycles. The third-order valence-electron chi connectivity index (χ3n) is 3.29. The molecule has 0 aliphatic heterocycles. The molecule has 0 amide bonds. The van der Waals surface area contributed by atoms with Gasteiger partial charge in [-0.15, -0.1) is 0 Å². The lowest BCUT2D eigenvalue weighted by Gasteiger charge is -2.30. The van der Waals surface area contributed by atoms with Crippen LogP contribution >= 0.6 is 0 Å². The van der Waals surface area contributed by atoms with E-state index >= 15 is 0 Å². The molecule has 0 saturated heterocycles. The minimum Gasteiger partial charge on any atom is -0.383 e. The first-order valence-corrected chi connectivity index (χ1v) is 7.18. The summed E-state index contributed by atoms with van der Waals surface area (Å²) in [7, 11) is 1.75. The molecule has 1 unspecified atom stereocenters. The fraction of sp³-hybridized carbons (Fsp3) is 0.667. The number of methoxy groups -OCH3 is 1. The van der Waals surface area contributed by atoms with Crippen LogP contribution in [0.15, 0.2) is 18.3 Å². The summed E-state index contributed by atoms with van der Waals surface area (Å²) in [4.78, 5) is 6.73. The quantitative estimate of drug-likeness (QED) is 0.744. The van der Waals surface area contributed by atoms with Crippen molar-refractivity contribution in [3.8, 4) is 0 Å². The lowest BCUT2D eigenvalue weighted by Crippen LogP contribution is -2.35. The first-order valence-electron chi connectivity index (χ1n) is 7.18. The maximum Gasteiger partial charge on any atom is 0.127 e. The number of nitrogens with one attached hydrogen (secondary N) is 1. The number of hydrogen-bond donors (Lipinski definition) is 1. The highest BCUT2D eigenvalue weighted by Crippen LogP contribution is 2.20. The van der Waals surface area contributed by atoms with Crippen LogP contribution in [0.2, 0.25) is 0 Å². The van der Waals surface area contributed by atoms with Gasteiger partial charge < -0.3 is 15.0 Å². The molecule has 4 nitrogen and oxygen atoms in total. The molecular weight excluding hydrogens is 238 g/mol. The van der Waals surface area contributed by atoms with Crippen molar-refractivity contribution in [3.05, 3.63) is 18.3 Å². The number of pyridine rings is 1. The summed E-state index contributed by atoms with van der Waals surface area (Å²) in [5.41, 5.74) is 1.21. The molecule has 4 heteroatoms. The van der Waals surface area contributed by atoms with Gasteiger partial charge in [0.1, 0.15) is 5.82 Å². The van der Waals surface area contributed by atoms with Gasteiger partial charge in [-0.1, -0.05) is 13.8 Å². The van der Waals surface area contributed by atoms with Gasteiger partial charge in [0.2, 0.25) is 0 Å². The van der Waals surface area contributed by atoms with Gasteiger partial charge in [-0.2, -0.15) is 0 Å². The van der Waals surface area contributed by atoms with Crippen molar-refractivity contribution >= 4 is 11.5 Å². The van der Waals surface area contributed by atoms with Crippen LogP contribution in [0.1, 0.15) is 33.6 Å². The van der Waals surface area contributed by atoms with Crippen LogP contribution in [0.25, 0.3) is 0 Å². The molecule has 1 rings (SSSR count). The van der Waals surface area contributed by atoms with Crippen LogP contribution in [0, 0.1) is 0 Å². The first kappa shape index (κ1) is 15.8. The molecule has 0 saturated carbocycles. The Morgan fingerprint density at radius 1 is 1.42 bits per heavy atom. The molecule has 1 aromatic rings. The summed E-state index contributed by atoms with van der Waals surface area (Å²) >= 11 is 0. The number of nitrogens with zero attached hydrogens (tertiary/aromatic N) is 2. The van der Waals surface area contributed by atoms with Gasteiger partial charge in [0.05, 0.1) is 6.61 Å². The Morgan fingerprint density at radius 2 is 2.21 bits per heavy atom. The molecule has 108 valence electrons. The molecule has 0 fully saturated rings. The second kappa shape index (κ2) is 8.75. The summed E-state index contributed by atoms with van der Waals surface area (Å²) < 4.78 is 5.21. The van der Waals surface area contributed by atoms with E-state index in [1.807, 2.05) is 6.20 Å². The maximum absolute atomic E-state index is 5.21. The molecule has 0 bridgehead atoms. The minimum atomic E-state index is 0.497. The van der Waals surface area contributed by atoms with E-state index in [1.54, 1.807) is 7.11 Å². The number of anilines is 2. The van der Waals surface area contributed by atoms with Crippen molar-refractivity contribution in [1.29, 1.82) is 0 Å². The molecule has 19 heavy (non-hydrogen) atoms. The first-order chi connectivity index (χ1) is 9.22. The topological polar surface area (TPSA) is 37.4 Å².